The van der Waals surface area contributed by atoms with Crippen molar-refractivity contribution < 1.29 is 9.53 Å². The van der Waals surface area contributed by atoms with Gasteiger partial charge in [0.25, 0.3) is 5.91 Å². The topological polar surface area (TPSA) is 56.2 Å². The zero-order chi connectivity index (χ0) is 21.8. The normalized spacial score (nSPS) is 12.0. The molecule has 31 heavy (non-hydrogen) atoms. The molecular weight excluding hydrogens is 410 g/mol. The molecule has 0 fully saturated rings. The van der Waals surface area contributed by atoms with E-state index in [1.807, 2.05) is 77.6 Å². The predicted molar refractivity (Wildman–Crippen MR) is 124 cm³/mol. The van der Waals surface area contributed by atoms with Crippen molar-refractivity contribution in [3.05, 3.63) is 94.6 Å². The zero-order valence-corrected chi connectivity index (χ0v) is 18.3. The van der Waals surface area contributed by atoms with Crippen LogP contribution in [0, 0.1) is 0 Å². The maximum absolute atomic E-state index is 13.0. The monoisotopic (exact) mass is 433 g/mol. The molecule has 0 aliphatic carbocycles. The van der Waals surface area contributed by atoms with Crippen LogP contribution >= 0.6 is 11.6 Å². The molecule has 1 heterocycles. The molecule has 0 saturated heterocycles. The van der Waals surface area contributed by atoms with Gasteiger partial charge in [-0.15, -0.1) is 0 Å². The summed E-state index contributed by atoms with van der Waals surface area (Å²) in [6.07, 6.45) is 2.60. The molecule has 1 aromatic heterocycles. The molecular formula is C25H24ClN3O2. The number of nitrogens with zero attached hydrogens (tertiary/aromatic N) is 2. The first kappa shape index (κ1) is 20.9. The SMILES string of the molecule is CCC(NC(=O)c1ccc2cnn(Cc3cccc(Cl)c3)c2c1)c1ccc(OC)cc1. The van der Waals surface area contributed by atoms with Crippen LogP contribution in [0.1, 0.15) is 40.9 Å². The van der Waals surface area contributed by atoms with Gasteiger partial charge in [-0.25, -0.2) is 0 Å². The quantitative estimate of drug-likeness (QED) is 0.411. The number of rotatable bonds is 7. The molecule has 0 aliphatic heterocycles. The van der Waals surface area contributed by atoms with Crippen LogP contribution in [0.4, 0.5) is 0 Å². The smallest absolute Gasteiger partial charge is 0.251 e. The molecule has 0 bridgehead atoms. The number of benzene rings is 3. The number of fused-ring (bicyclic) bond motifs is 1. The van der Waals surface area contributed by atoms with E-state index in [0.717, 1.165) is 34.2 Å². The van der Waals surface area contributed by atoms with Crippen molar-refractivity contribution in [1.82, 2.24) is 15.1 Å². The summed E-state index contributed by atoms with van der Waals surface area (Å²) >= 11 is 6.11. The first-order valence-electron chi connectivity index (χ1n) is 10.2. The molecule has 158 valence electrons. The highest BCUT2D eigenvalue weighted by molar-refractivity contribution is 6.30. The van der Waals surface area contributed by atoms with Crippen molar-refractivity contribution in [1.29, 1.82) is 0 Å². The maximum atomic E-state index is 13.0. The molecule has 4 aromatic rings. The van der Waals surface area contributed by atoms with Crippen molar-refractivity contribution in [3.63, 3.8) is 0 Å². The zero-order valence-electron chi connectivity index (χ0n) is 17.5. The first-order valence-corrected chi connectivity index (χ1v) is 10.6. The lowest BCUT2D eigenvalue weighted by Gasteiger charge is -2.18. The van der Waals surface area contributed by atoms with E-state index in [4.69, 9.17) is 16.3 Å². The minimum absolute atomic E-state index is 0.0783. The Labute approximate surface area is 186 Å². The van der Waals surface area contributed by atoms with E-state index in [1.165, 1.54) is 0 Å². The van der Waals surface area contributed by atoms with Gasteiger partial charge in [0.1, 0.15) is 5.75 Å². The summed E-state index contributed by atoms with van der Waals surface area (Å²) in [5.74, 6) is 0.684. The average Bonchev–Trinajstić information content (AvgIpc) is 3.19. The number of ether oxygens (including phenoxy) is 1. The highest BCUT2D eigenvalue weighted by Crippen LogP contribution is 2.22. The van der Waals surface area contributed by atoms with Crippen LogP contribution in [0.5, 0.6) is 5.75 Å². The molecule has 1 unspecified atom stereocenters. The Kier molecular flexibility index (Phi) is 6.23. The number of hydrogen-bond donors (Lipinski definition) is 1. The van der Waals surface area contributed by atoms with Gasteiger partial charge in [0.15, 0.2) is 0 Å². The number of aromatic nitrogens is 2. The number of hydrogen-bond acceptors (Lipinski definition) is 3. The summed E-state index contributed by atoms with van der Waals surface area (Å²) in [5.41, 5.74) is 3.61. The molecule has 0 aliphatic rings. The van der Waals surface area contributed by atoms with Gasteiger partial charge in [-0.2, -0.15) is 5.10 Å². The van der Waals surface area contributed by atoms with Gasteiger partial charge in [0.2, 0.25) is 0 Å². The summed E-state index contributed by atoms with van der Waals surface area (Å²) in [6.45, 7) is 2.64. The number of amides is 1. The molecule has 5 nitrogen and oxygen atoms in total. The van der Waals surface area contributed by atoms with Crippen molar-refractivity contribution in [2.24, 2.45) is 0 Å². The molecule has 1 atom stereocenters. The largest absolute Gasteiger partial charge is 0.497 e. The number of nitrogens with one attached hydrogen (secondary N) is 1. The Morgan fingerprint density at radius 2 is 1.94 bits per heavy atom. The minimum Gasteiger partial charge on any atom is -0.497 e. The van der Waals surface area contributed by atoms with Crippen LogP contribution in [-0.2, 0) is 6.54 Å². The summed E-state index contributed by atoms with van der Waals surface area (Å²) < 4.78 is 7.11. The number of carbonyl (C=O) groups is 1. The van der Waals surface area contributed by atoms with Gasteiger partial charge in [0.05, 0.1) is 31.4 Å². The second-order valence-corrected chi connectivity index (χ2v) is 7.85. The molecule has 1 amide bonds. The highest BCUT2D eigenvalue weighted by atomic mass is 35.5. The number of halogens is 1. The Morgan fingerprint density at radius 3 is 2.65 bits per heavy atom. The van der Waals surface area contributed by atoms with E-state index in [-0.39, 0.29) is 11.9 Å². The molecule has 6 heteroatoms. The van der Waals surface area contributed by atoms with Crippen LogP contribution < -0.4 is 10.1 Å². The third kappa shape index (κ3) is 4.72. The van der Waals surface area contributed by atoms with Gasteiger partial charge in [-0.1, -0.05) is 48.9 Å². The lowest BCUT2D eigenvalue weighted by Crippen LogP contribution is -2.28. The second kappa shape index (κ2) is 9.23. The Morgan fingerprint density at radius 1 is 1.13 bits per heavy atom. The highest BCUT2D eigenvalue weighted by Gasteiger charge is 2.16. The average molecular weight is 434 g/mol. The third-order valence-electron chi connectivity index (χ3n) is 5.36. The molecule has 0 radical (unpaired) electrons. The molecule has 0 spiro atoms. The van der Waals surface area contributed by atoms with Crippen molar-refractivity contribution >= 4 is 28.4 Å². The van der Waals surface area contributed by atoms with Gasteiger partial charge in [0, 0.05) is 16.0 Å². The Balaban J connectivity index is 1.56. The predicted octanol–water partition coefficient (Wildman–Crippen LogP) is 5.63. The van der Waals surface area contributed by atoms with Crippen LogP contribution in [0.3, 0.4) is 0 Å². The van der Waals surface area contributed by atoms with Crippen LogP contribution in [-0.4, -0.2) is 22.8 Å². The van der Waals surface area contributed by atoms with Gasteiger partial charge < -0.3 is 10.1 Å². The minimum atomic E-state index is -0.111. The van der Waals surface area contributed by atoms with Crippen LogP contribution in [0.25, 0.3) is 10.9 Å². The molecule has 0 saturated carbocycles. The van der Waals surface area contributed by atoms with Crippen LogP contribution in [0.2, 0.25) is 5.02 Å². The van der Waals surface area contributed by atoms with E-state index in [2.05, 4.69) is 17.3 Å². The van der Waals surface area contributed by atoms with Crippen LogP contribution in [0.15, 0.2) is 72.9 Å². The fourth-order valence-electron chi connectivity index (χ4n) is 3.64. The van der Waals surface area contributed by atoms with E-state index >= 15 is 0 Å². The van der Waals surface area contributed by atoms with E-state index in [1.54, 1.807) is 7.11 Å². The number of carbonyl (C=O) groups excluding carboxylic acids is 1. The maximum Gasteiger partial charge on any atom is 0.251 e. The lowest BCUT2D eigenvalue weighted by molar-refractivity contribution is 0.0935. The molecule has 3 aromatic carbocycles. The summed E-state index contributed by atoms with van der Waals surface area (Å²) in [4.78, 5) is 13.0. The Bertz CT molecular complexity index is 1200. The van der Waals surface area contributed by atoms with Gasteiger partial charge in [-0.3, -0.25) is 9.48 Å². The standard InChI is InChI=1S/C25H24ClN3O2/c1-3-23(18-9-11-22(31-2)12-10-18)28-25(30)19-7-8-20-15-27-29(24(20)14-19)16-17-5-4-6-21(26)13-17/h4-15,23H,3,16H2,1-2H3,(H,28,30). The lowest BCUT2D eigenvalue weighted by atomic mass is 10.0. The van der Waals surface area contributed by atoms with Crippen molar-refractivity contribution in [3.8, 4) is 5.75 Å². The summed E-state index contributed by atoms with van der Waals surface area (Å²) in [7, 11) is 1.64. The van der Waals surface area contributed by atoms with E-state index < -0.39 is 0 Å². The van der Waals surface area contributed by atoms with Gasteiger partial charge >= 0.3 is 0 Å². The van der Waals surface area contributed by atoms with Crippen molar-refractivity contribution in [2.75, 3.05) is 7.11 Å². The summed E-state index contributed by atoms with van der Waals surface area (Å²) in [5, 5.41) is 9.31. The van der Waals surface area contributed by atoms with E-state index in [9.17, 15) is 4.79 Å². The molecule has 1 N–H and O–H groups in total. The second-order valence-electron chi connectivity index (χ2n) is 7.41. The fourth-order valence-corrected chi connectivity index (χ4v) is 3.86. The van der Waals surface area contributed by atoms with E-state index in [0.29, 0.717) is 17.1 Å². The number of methoxy groups -OCH3 is 1. The van der Waals surface area contributed by atoms with Gasteiger partial charge in [-0.05, 0) is 53.9 Å². The third-order valence-corrected chi connectivity index (χ3v) is 5.60. The molecule has 4 rings (SSSR count). The first-order chi connectivity index (χ1) is 15.1. The summed E-state index contributed by atoms with van der Waals surface area (Å²) in [6, 6.07) is 21.1. The fraction of sp³-hybridized carbons (Fsp3) is 0.200. The van der Waals surface area contributed by atoms with Crippen molar-refractivity contribution in [2.45, 2.75) is 25.9 Å². The Hall–Kier alpha value is -3.31.